The van der Waals surface area contributed by atoms with Crippen molar-refractivity contribution >= 4 is 17.4 Å². The van der Waals surface area contributed by atoms with Gasteiger partial charge >= 0.3 is 0 Å². The normalized spacial score (nSPS) is 29.0. The summed E-state index contributed by atoms with van der Waals surface area (Å²) in [5.74, 6) is 3.20. The fraction of sp³-hybridized carbons (Fsp3) is 0.625. The largest absolute Gasteiger partial charge is 0.497 e. The zero-order valence-electron chi connectivity index (χ0n) is 18.3. The Hall–Kier alpha value is -1.99. The molecule has 166 valence electrons. The molecule has 0 spiro atoms. The van der Waals surface area contributed by atoms with Gasteiger partial charge in [0.25, 0.3) is 0 Å². The SMILES string of the molecule is COc1cccc([C@@H]2CN(C(=O)CN3CC[C@@H]4CCCC[C@@H]4C3)C[C@H]2c2csnn2)c1. The highest BCUT2D eigenvalue weighted by Crippen LogP contribution is 2.40. The number of nitrogens with zero attached hydrogens (tertiary/aromatic N) is 4. The number of likely N-dealkylation sites (tertiary alicyclic amines) is 2. The van der Waals surface area contributed by atoms with E-state index in [4.69, 9.17) is 4.74 Å². The van der Waals surface area contributed by atoms with E-state index >= 15 is 0 Å². The average molecular weight is 441 g/mol. The molecule has 6 nitrogen and oxygen atoms in total. The summed E-state index contributed by atoms with van der Waals surface area (Å²) < 4.78 is 9.53. The van der Waals surface area contributed by atoms with Crippen LogP contribution in [0.25, 0.3) is 0 Å². The molecule has 1 aromatic carbocycles. The summed E-state index contributed by atoms with van der Waals surface area (Å²) in [5, 5.41) is 6.39. The molecule has 4 atom stereocenters. The Morgan fingerprint density at radius 1 is 1.13 bits per heavy atom. The van der Waals surface area contributed by atoms with Gasteiger partial charge in [-0.2, -0.15) is 0 Å². The lowest BCUT2D eigenvalue weighted by molar-refractivity contribution is -0.132. The number of hydrogen-bond donors (Lipinski definition) is 0. The van der Waals surface area contributed by atoms with Crippen molar-refractivity contribution in [3.05, 3.63) is 40.9 Å². The minimum Gasteiger partial charge on any atom is -0.497 e. The van der Waals surface area contributed by atoms with Crippen molar-refractivity contribution in [2.45, 2.75) is 43.9 Å². The molecule has 2 saturated heterocycles. The molecule has 0 radical (unpaired) electrons. The summed E-state index contributed by atoms with van der Waals surface area (Å²) >= 11 is 1.38. The first-order chi connectivity index (χ1) is 15.2. The minimum absolute atomic E-state index is 0.180. The monoisotopic (exact) mass is 440 g/mol. The number of benzene rings is 1. The quantitative estimate of drug-likeness (QED) is 0.708. The standard InChI is InChI=1S/C24H32N4O2S/c1-30-20-8-4-7-18(11-20)21-13-28(14-22(21)23-16-31-26-25-23)24(29)15-27-10-9-17-5-2-3-6-19(17)12-27/h4,7-8,11,16-17,19,21-22H,2-3,5-6,9-10,12-15H2,1H3/t17-,19+,21-,22+/m0/s1. The van der Waals surface area contributed by atoms with Crippen molar-refractivity contribution in [3.63, 3.8) is 0 Å². The van der Waals surface area contributed by atoms with Gasteiger partial charge in [0.2, 0.25) is 5.91 Å². The van der Waals surface area contributed by atoms with Gasteiger partial charge in [0.05, 0.1) is 19.3 Å². The molecule has 1 amide bonds. The molecular formula is C24H32N4O2S. The highest BCUT2D eigenvalue weighted by molar-refractivity contribution is 7.03. The average Bonchev–Trinajstić information content (AvgIpc) is 3.49. The first-order valence-electron chi connectivity index (χ1n) is 11.6. The van der Waals surface area contributed by atoms with E-state index in [2.05, 4.69) is 31.5 Å². The molecule has 3 heterocycles. The molecule has 1 aliphatic carbocycles. The molecule has 2 aliphatic heterocycles. The van der Waals surface area contributed by atoms with E-state index in [1.165, 1.54) is 49.2 Å². The third-order valence-corrected chi connectivity index (χ3v) is 8.21. The number of carbonyl (C=O) groups is 1. The van der Waals surface area contributed by atoms with Crippen LogP contribution in [-0.4, -0.2) is 65.1 Å². The van der Waals surface area contributed by atoms with Crippen LogP contribution in [0.3, 0.4) is 0 Å². The van der Waals surface area contributed by atoms with Crippen molar-refractivity contribution in [1.29, 1.82) is 0 Å². The molecule has 1 aromatic heterocycles. The number of ether oxygens (including phenoxy) is 1. The summed E-state index contributed by atoms with van der Waals surface area (Å²) in [6.45, 7) is 4.17. The molecule has 0 unspecified atom stereocenters. The molecule has 0 N–H and O–H groups in total. The first-order valence-corrected chi connectivity index (χ1v) is 12.5. The van der Waals surface area contributed by atoms with E-state index in [-0.39, 0.29) is 17.7 Å². The fourth-order valence-corrected chi connectivity index (χ4v) is 6.48. The van der Waals surface area contributed by atoms with Gasteiger partial charge in [0.1, 0.15) is 5.75 Å². The number of rotatable bonds is 5. The van der Waals surface area contributed by atoms with Crippen LogP contribution in [0.15, 0.2) is 29.6 Å². The minimum atomic E-state index is 0.180. The first kappa shape index (κ1) is 20.9. The van der Waals surface area contributed by atoms with Gasteiger partial charge in [-0.15, -0.1) is 5.10 Å². The second-order valence-corrected chi connectivity index (χ2v) is 10.1. The third kappa shape index (κ3) is 4.48. The summed E-state index contributed by atoms with van der Waals surface area (Å²) in [6.07, 6.45) is 6.75. The molecule has 3 fully saturated rings. The van der Waals surface area contributed by atoms with E-state index in [1.807, 2.05) is 17.5 Å². The molecule has 7 heteroatoms. The van der Waals surface area contributed by atoms with Gasteiger partial charge in [0.15, 0.2) is 0 Å². The van der Waals surface area contributed by atoms with Crippen LogP contribution >= 0.6 is 11.5 Å². The van der Waals surface area contributed by atoms with Crippen molar-refractivity contribution < 1.29 is 9.53 Å². The second kappa shape index (κ2) is 9.25. The van der Waals surface area contributed by atoms with Crippen LogP contribution < -0.4 is 4.74 Å². The van der Waals surface area contributed by atoms with E-state index in [0.29, 0.717) is 13.1 Å². The lowest BCUT2D eigenvalue weighted by Crippen LogP contribution is -2.46. The van der Waals surface area contributed by atoms with E-state index < -0.39 is 0 Å². The van der Waals surface area contributed by atoms with Gasteiger partial charge in [0, 0.05) is 36.9 Å². The Kier molecular flexibility index (Phi) is 6.23. The van der Waals surface area contributed by atoms with Crippen molar-refractivity contribution in [1.82, 2.24) is 19.4 Å². The fourth-order valence-electron chi connectivity index (χ4n) is 5.96. The maximum atomic E-state index is 13.3. The summed E-state index contributed by atoms with van der Waals surface area (Å²) in [4.78, 5) is 17.8. The Balaban J connectivity index is 1.29. The topological polar surface area (TPSA) is 58.6 Å². The number of amides is 1. The maximum absolute atomic E-state index is 13.3. The van der Waals surface area contributed by atoms with Gasteiger partial charge in [-0.05, 0) is 60.5 Å². The van der Waals surface area contributed by atoms with Crippen LogP contribution in [0.1, 0.15) is 55.2 Å². The smallest absolute Gasteiger partial charge is 0.236 e. The lowest BCUT2D eigenvalue weighted by Gasteiger charge is -2.41. The zero-order chi connectivity index (χ0) is 21.2. The number of fused-ring (bicyclic) bond motifs is 1. The van der Waals surface area contributed by atoms with Crippen LogP contribution in [0.2, 0.25) is 0 Å². The summed E-state index contributed by atoms with van der Waals surface area (Å²) in [7, 11) is 1.70. The molecule has 3 aliphatic rings. The van der Waals surface area contributed by atoms with Crippen LogP contribution in [0.4, 0.5) is 0 Å². The predicted octanol–water partition coefficient (Wildman–Crippen LogP) is 3.77. The van der Waals surface area contributed by atoms with E-state index in [1.54, 1.807) is 7.11 Å². The predicted molar refractivity (Wildman–Crippen MR) is 121 cm³/mol. The second-order valence-electron chi connectivity index (χ2n) is 9.45. The van der Waals surface area contributed by atoms with E-state index in [9.17, 15) is 4.79 Å². The maximum Gasteiger partial charge on any atom is 0.236 e. The number of methoxy groups -OCH3 is 1. The highest BCUT2D eigenvalue weighted by Gasteiger charge is 2.39. The highest BCUT2D eigenvalue weighted by atomic mass is 32.1. The molecular weight excluding hydrogens is 408 g/mol. The Labute approximate surface area is 188 Å². The molecule has 2 aromatic rings. The summed E-state index contributed by atoms with van der Waals surface area (Å²) in [5.41, 5.74) is 2.20. The van der Waals surface area contributed by atoms with Gasteiger partial charge in [-0.3, -0.25) is 9.69 Å². The molecule has 1 saturated carbocycles. The third-order valence-electron chi connectivity index (χ3n) is 7.69. The molecule has 31 heavy (non-hydrogen) atoms. The Morgan fingerprint density at radius 3 is 2.77 bits per heavy atom. The van der Waals surface area contributed by atoms with Crippen LogP contribution in [0, 0.1) is 11.8 Å². The van der Waals surface area contributed by atoms with Crippen molar-refractivity contribution in [2.75, 3.05) is 39.8 Å². The van der Waals surface area contributed by atoms with Gasteiger partial charge < -0.3 is 9.64 Å². The van der Waals surface area contributed by atoms with Crippen LogP contribution in [0.5, 0.6) is 5.75 Å². The van der Waals surface area contributed by atoms with Gasteiger partial charge in [-0.1, -0.05) is 35.9 Å². The zero-order valence-corrected chi connectivity index (χ0v) is 19.1. The number of piperidine rings is 1. The van der Waals surface area contributed by atoms with E-state index in [0.717, 1.165) is 42.9 Å². The Morgan fingerprint density at radius 2 is 1.97 bits per heavy atom. The van der Waals surface area contributed by atoms with Crippen molar-refractivity contribution in [2.24, 2.45) is 11.8 Å². The molecule has 0 bridgehead atoms. The molecule has 5 rings (SSSR count). The lowest BCUT2D eigenvalue weighted by atomic mass is 9.75. The van der Waals surface area contributed by atoms with Gasteiger partial charge in [-0.25, -0.2) is 0 Å². The number of carbonyl (C=O) groups excluding carboxylic acids is 1. The van der Waals surface area contributed by atoms with Crippen LogP contribution in [-0.2, 0) is 4.79 Å². The van der Waals surface area contributed by atoms with Crippen molar-refractivity contribution in [3.8, 4) is 5.75 Å². The number of hydrogen-bond acceptors (Lipinski definition) is 6. The Bertz CT molecular complexity index is 889. The summed E-state index contributed by atoms with van der Waals surface area (Å²) in [6, 6.07) is 8.24. The number of aromatic nitrogens is 2.